The fraction of sp³-hybridized carbons (Fsp3) is 0.222. The van der Waals surface area contributed by atoms with E-state index in [1.165, 1.54) is 12.3 Å². The van der Waals surface area contributed by atoms with E-state index in [1.807, 2.05) is 18.2 Å². The number of aromatic nitrogens is 3. The van der Waals surface area contributed by atoms with Gasteiger partial charge in [0.25, 0.3) is 0 Å². The van der Waals surface area contributed by atoms with Gasteiger partial charge >= 0.3 is 29.2 Å². The van der Waals surface area contributed by atoms with Crippen molar-refractivity contribution < 1.29 is 52.1 Å². The summed E-state index contributed by atoms with van der Waals surface area (Å²) in [6, 6.07) is 8.62. The molecule has 2 aromatic heterocycles. The van der Waals surface area contributed by atoms with Crippen LogP contribution in [0.2, 0.25) is 0 Å². The number of rotatable bonds is 5. The Balaban J connectivity index is 0.00000106. The molecule has 0 saturated heterocycles. The Morgan fingerprint density at radius 2 is 1.71 bits per heavy atom. The number of aromatic amines is 1. The molecule has 0 aliphatic carbocycles. The summed E-state index contributed by atoms with van der Waals surface area (Å²) >= 11 is 0. The SMILES string of the molecule is Cc1c(OCC(F)(F)F)ccnc1CS(=O)c1nc2ccccc2[nH]1.O=C([O-])O.O=C([O-])O.[Mg+2]. The molecular formula is C18H16F3MgN3O8S. The van der Waals surface area contributed by atoms with Crippen LogP contribution in [0.5, 0.6) is 5.75 Å². The van der Waals surface area contributed by atoms with Gasteiger partial charge in [0.1, 0.15) is 5.75 Å². The molecule has 0 fully saturated rings. The molecule has 16 heteroatoms. The maximum Gasteiger partial charge on any atom is 2.00 e. The molecule has 1 atom stereocenters. The second-order valence-electron chi connectivity index (χ2n) is 5.87. The quantitative estimate of drug-likeness (QED) is 0.412. The third-order valence-electron chi connectivity index (χ3n) is 3.50. The topological polar surface area (TPSA) is 189 Å². The molecule has 2 heterocycles. The molecule has 1 aromatic carbocycles. The number of carboxylic acid groups (broad SMARTS) is 4. The van der Waals surface area contributed by atoms with Crippen molar-refractivity contribution in [2.45, 2.75) is 24.0 Å². The second kappa shape index (κ2) is 14.2. The first kappa shape index (κ1) is 30.9. The zero-order valence-corrected chi connectivity index (χ0v) is 19.6. The number of hydrogen-bond donors (Lipinski definition) is 3. The number of nitrogens with one attached hydrogen (secondary N) is 1. The van der Waals surface area contributed by atoms with E-state index in [0.717, 1.165) is 5.52 Å². The number of hydrogen-bond acceptors (Lipinski definition) is 8. The molecular weight excluding hydrogens is 500 g/mol. The summed E-state index contributed by atoms with van der Waals surface area (Å²) in [5.41, 5.74) is 2.28. The van der Waals surface area contributed by atoms with Crippen LogP contribution in [0.1, 0.15) is 11.3 Å². The summed E-state index contributed by atoms with van der Waals surface area (Å²) in [5, 5.41) is 30.9. The van der Waals surface area contributed by atoms with Crippen LogP contribution in [-0.2, 0) is 16.6 Å². The van der Waals surface area contributed by atoms with Gasteiger partial charge in [-0.15, -0.1) is 0 Å². The average Bonchev–Trinajstić information content (AvgIpc) is 3.11. The molecule has 0 saturated carbocycles. The van der Waals surface area contributed by atoms with E-state index in [-0.39, 0.29) is 34.6 Å². The van der Waals surface area contributed by atoms with Crippen LogP contribution < -0.4 is 14.9 Å². The van der Waals surface area contributed by atoms with E-state index >= 15 is 0 Å². The number of alkyl halides is 3. The van der Waals surface area contributed by atoms with Crippen LogP contribution in [0.25, 0.3) is 11.0 Å². The minimum absolute atomic E-state index is 0. The summed E-state index contributed by atoms with van der Waals surface area (Å²) in [7, 11) is -1.51. The molecule has 0 spiro atoms. The largest absolute Gasteiger partial charge is 2.00 e. The minimum Gasteiger partial charge on any atom is -0.565 e. The Kier molecular flexibility index (Phi) is 12.9. The Morgan fingerprint density at radius 3 is 2.24 bits per heavy atom. The number of ether oxygens (including phenoxy) is 1. The molecule has 0 radical (unpaired) electrons. The Labute approximate surface area is 208 Å². The van der Waals surface area contributed by atoms with Gasteiger partial charge in [-0.1, -0.05) is 12.1 Å². The van der Waals surface area contributed by atoms with Gasteiger partial charge in [-0.3, -0.25) is 9.19 Å². The number of halogens is 3. The molecule has 180 valence electrons. The zero-order valence-electron chi connectivity index (χ0n) is 17.4. The molecule has 0 amide bonds. The zero-order chi connectivity index (χ0) is 25.2. The predicted octanol–water partition coefficient (Wildman–Crippen LogP) is 0.910. The summed E-state index contributed by atoms with van der Waals surface area (Å²) in [6.07, 6.45) is -7.25. The van der Waals surface area contributed by atoms with E-state index in [9.17, 15) is 17.4 Å². The molecule has 3 aromatic rings. The molecule has 0 bridgehead atoms. The Bertz CT molecular complexity index is 1070. The number of fused-ring (bicyclic) bond motifs is 1. The number of nitrogens with zero attached hydrogens (tertiary/aromatic N) is 2. The molecule has 3 N–H and O–H groups in total. The number of benzene rings is 1. The number of para-hydroxylation sites is 2. The van der Waals surface area contributed by atoms with E-state index in [2.05, 4.69) is 15.0 Å². The number of H-pyrrole nitrogens is 1. The maximum absolute atomic E-state index is 12.5. The normalized spacial score (nSPS) is 11.1. The summed E-state index contributed by atoms with van der Waals surface area (Å²) in [4.78, 5) is 28.2. The van der Waals surface area contributed by atoms with Crippen LogP contribution in [0, 0.1) is 6.92 Å². The van der Waals surface area contributed by atoms with E-state index in [0.29, 0.717) is 21.9 Å². The van der Waals surface area contributed by atoms with Crippen molar-refractivity contribution in [2.75, 3.05) is 6.61 Å². The van der Waals surface area contributed by atoms with Gasteiger partial charge in [0.15, 0.2) is 11.8 Å². The van der Waals surface area contributed by atoms with Crippen LogP contribution in [-0.4, -0.2) is 77.5 Å². The molecule has 0 aliphatic rings. The summed E-state index contributed by atoms with van der Waals surface area (Å²) in [6.45, 7) is 0.202. The van der Waals surface area contributed by atoms with Gasteiger partial charge in [0, 0.05) is 11.8 Å². The van der Waals surface area contributed by atoms with E-state index in [1.54, 1.807) is 13.0 Å². The van der Waals surface area contributed by atoms with Crippen LogP contribution >= 0.6 is 0 Å². The smallest absolute Gasteiger partial charge is 0.565 e. The van der Waals surface area contributed by atoms with Crippen molar-refractivity contribution in [1.29, 1.82) is 0 Å². The van der Waals surface area contributed by atoms with Crippen molar-refractivity contribution in [2.24, 2.45) is 0 Å². The summed E-state index contributed by atoms with van der Waals surface area (Å²) in [5.74, 6) is 0.0958. The van der Waals surface area contributed by atoms with Gasteiger partial charge in [-0.25, -0.2) is 4.98 Å². The molecule has 0 aliphatic heterocycles. The third kappa shape index (κ3) is 11.7. The molecule has 3 rings (SSSR count). The fourth-order valence-electron chi connectivity index (χ4n) is 2.25. The predicted molar refractivity (Wildman–Crippen MR) is 109 cm³/mol. The number of pyridine rings is 1. The van der Waals surface area contributed by atoms with Crippen LogP contribution in [0.3, 0.4) is 0 Å². The first-order chi connectivity index (χ1) is 15.3. The van der Waals surface area contributed by atoms with Gasteiger partial charge in [0.05, 0.1) is 33.3 Å². The van der Waals surface area contributed by atoms with Crippen LogP contribution in [0.15, 0.2) is 41.7 Å². The van der Waals surface area contributed by atoms with Crippen molar-refractivity contribution in [3.05, 3.63) is 47.8 Å². The Hall–Kier alpha value is -3.11. The van der Waals surface area contributed by atoms with Gasteiger partial charge in [-0.2, -0.15) is 13.2 Å². The molecule has 1 unspecified atom stereocenters. The number of carbonyl (C=O) groups is 2. The van der Waals surface area contributed by atoms with Gasteiger partial charge in [0.2, 0.25) is 12.3 Å². The summed E-state index contributed by atoms with van der Waals surface area (Å²) < 4.78 is 54.2. The van der Waals surface area contributed by atoms with Crippen LogP contribution in [0.4, 0.5) is 22.8 Å². The first-order valence-electron chi connectivity index (χ1n) is 8.57. The van der Waals surface area contributed by atoms with Crippen molar-refractivity contribution >= 4 is 57.2 Å². The third-order valence-corrected chi connectivity index (χ3v) is 4.66. The average molecular weight is 516 g/mol. The Morgan fingerprint density at radius 1 is 1.15 bits per heavy atom. The molecule has 34 heavy (non-hydrogen) atoms. The standard InChI is InChI=1S/C16H14F3N3O2S.2CH2O3.Mg/c1-10-13(20-7-6-14(10)24-9-16(17,18)19)8-25(23)15-21-11-4-2-3-5-12(11)22-15;2*2-1(3)4;/h2-7H,8-9H2,1H3,(H,21,22);2*(H2,2,3,4);/q;;;+2/p-2. The maximum atomic E-state index is 12.5. The van der Waals surface area contributed by atoms with E-state index < -0.39 is 35.9 Å². The first-order valence-corrected chi connectivity index (χ1v) is 9.89. The minimum atomic E-state index is -4.42. The fourth-order valence-corrected chi connectivity index (χ4v) is 3.35. The van der Waals surface area contributed by atoms with Gasteiger partial charge < -0.3 is 39.7 Å². The van der Waals surface area contributed by atoms with Gasteiger partial charge in [-0.05, 0) is 25.1 Å². The van der Waals surface area contributed by atoms with Crippen molar-refractivity contribution in [3.63, 3.8) is 0 Å². The second-order valence-corrected chi connectivity index (χ2v) is 7.23. The number of imidazole rings is 1. The monoisotopic (exact) mass is 515 g/mol. The van der Waals surface area contributed by atoms with Crippen molar-refractivity contribution in [3.8, 4) is 5.75 Å². The molecule has 11 nitrogen and oxygen atoms in total. The van der Waals surface area contributed by atoms with E-state index in [4.69, 9.17) is 34.8 Å². The van der Waals surface area contributed by atoms with Crippen molar-refractivity contribution in [1.82, 2.24) is 15.0 Å².